The van der Waals surface area contributed by atoms with Crippen LogP contribution < -0.4 is 21.3 Å². The molecule has 4 N–H and O–H groups in total. The molecule has 5 aliphatic rings. The third-order valence-corrected chi connectivity index (χ3v) is 13.6. The molecule has 10 amide bonds. The lowest BCUT2D eigenvalue weighted by atomic mass is 10.0. The van der Waals surface area contributed by atoms with Gasteiger partial charge in [0.2, 0.25) is 41.4 Å². The molecule has 6 atom stereocenters. The lowest BCUT2D eigenvalue weighted by Crippen LogP contribution is -2.59. The zero-order valence-electron chi connectivity index (χ0n) is 41.5. The maximum absolute atomic E-state index is 14.7. The van der Waals surface area contributed by atoms with Crippen LogP contribution in [0.4, 0.5) is 4.79 Å². The number of rotatable bonds is 17. The van der Waals surface area contributed by atoms with E-state index in [-0.39, 0.29) is 77.7 Å². The summed E-state index contributed by atoms with van der Waals surface area (Å²) in [6.07, 6.45) is 2.07. The number of nitrogens with zero attached hydrogens (tertiary/aromatic N) is 5. The molecule has 2 aromatic carbocycles. The number of hydroxylamine groups is 2. The number of carbonyl (C=O) groups is 11. The van der Waals surface area contributed by atoms with Crippen LogP contribution in [-0.4, -0.2) is 171 Å². The van der Waals surface area contributed by atoms with Gasteiger partial charge in [-0.15, -0.1) is 5.06 Å². The highest BCUT2D eigenvalue weighted by molar-refractivity contribution is 6.02. The van der Waals surface area contributed by atoms with E-state index in [0.717, 1.165) is 0 Å². The summed E-state index contributed by atoms with van der Waals surface area (Å²) >= 11 is 0. The van der Waals surface area contributed by atoms with Gasteiger partial charge in [-0.25, -0.2) is 9.59 Å². The van der Waals surface area contributed by atoms with Gasteiger partial charge in [-0.2, -0.15) is 0 Å². The first-order chi connectivity index (χ1) is 34.9. The minimum Gasteiger partial charge on any atom is -0.444 e. The van der Waals surface area contributed by atoms with Crippen molar-refractivity contribution in [1.82, 2.24) is 45.9 Å². The third-order valence-electron chi connectivity index (χ3n) is 13.6. The van der Waals surface area contributed by atoms with E-state index in [1.165, 1.54) is 19.6 Å². The molecular weight excluding hydrogens is 947 g/mol. The number of carbonyl (C=O) groups excluding carboxylic acids is 11. The molecule has 5 aliphatic heterocycles. The molecule has 5 fully saturated rings. The highest BCUT2D eigenvalue weighted by Gasteiger charge is 2.45. The average Bonchev–Trinajstić information content (AvgIpc) is 4.24. The minimum absolute atomic E-state index is 0.0359. The van der Waals surface area contributed by atoms with Crippen LogP contribution in [-0.2, 0) is 70.4 Å². The zero-order valence-corrected chi connectivity index (χ0v) is 41.5. The molecule has 0 unspecified atom stereocenters. The maximum Gasteiger partial charge on any atom is 0.408 e. The fourth-order valence-electron chi connectivity index (χ4n) is 10.0. The molecule has 392 valence electrons. The molecule has 22 heteroatoms. The number of nitrogens with one attached hydrogen (secondary N) is 4. The molecule has 5 heterocycles. The highest BCUT2D eigenvalue weighted by atomic mass is 16.7. The van der Waals surface area contributed by atoms with E-state index in [9.17, 15) is 52.7 Å². The van der Waals surface area contributed by atoms with Crippen molar-refractivity contribution in [3.8, 4) is 0 Å². The number of hydrogen-bond donors (Lipinski definition) is 4. The van der Waals surface area contributed by atoms with Crippen molar-refractivity contribution in [2.45, 2.75) is 140 Å². The second-order valence-corrected chi connectivity index (χ2v) is 19.9. The molecule has 0 radical (unpaired) electrons. The molecule has 0 aromatic heterocycles. The van der Waals surface area contributed by atoms with E-state index in [1.54, 1.807) is 75.4 Å². The number of likely N-dealkylation sites (tertiary alicyclic amines) is 4. The van der Waals surface area contributed by atoms with Crippen molar-refractivity contribution in [2.24, 2.45) is 0 Å². The van der Waals surface area contributed by atoms with E-state index in [4.69, 9.17) is 9.57 Å². The summed E-state index contributed by atoms with van der Waals surface area (Å²) in [5.74, 6) is -6.18. The Kier molecular flexibility index (Phi) is 17.5. The third kappa shape index (κ3) is 13.6. The van der Waals surface area contributed by atoms with E-state index < -0.39 is 114 Å². The van der Waals surface area contributed by atoms with Crippen LogP contribution in [0.15, 0.2) is 60.7 Å². The smallest absolute Gasteiger partial charge is 0.408 e. The van der Waals surface area contributed by atoms with E-state index in [2.05, 4.69) is 21.3 Å². The van der Waals surface area contributed by atoms with E-state index in [1.807, 2.05) is 6.07 Å². The Morgan fingerprint density at radius 3 is 1.41 bits per heavy atom. The predicted molar refractivity (Wildman–Crippen MR) is 258 cm³/mol. The molecule has 0 aliphatic carbocycles. The molecule has 0 bridgehead atoms. The molecule has 0 spiro atoms. The van der Waals surface area contributed by atoms with E-state index >= 15 is 0 Å². The molecule has 5 saturated heterocycles. The largest absolute Gasteiger partial charge is 0.444 e. The lowest BCUT2D eigenvalue weighted by molar-refractivity contribution is -0.200. The molecule has 2 aromatic rings. The van der Waals surface area contributed by atoms with Crippen molar-refractivity contribution >= 4 is 65.2 Å². The summed E-state index contributed by atoms with van der Waals surface area (Å²) in [7, 11) is 0. The monoisotopic (exact) mass is 1010 g/mol. The van der Waals surface area contributed by atoms with Crippen LogP contribution in [0.1, 0.15) is 96.1 Å². The van der Waals surface area contributed by atoms with Gasteiger partial charge in [0.25, 0.3) is 11.8 Å². The number of benzene rings is 2. The van der Waals surface area contributed by atoms with Gasteiger partial charge in [-0.05, 0) is 83.3 Å². The minimum atomic E-state index is -1.20. The van der Waals surface area contributed by atoms with Crippen LogP contribution in [0, 0.1) is 0 Å². The fourth-order valence-corrected chi connectivity index (χ4v) is 10.0. The molecule has 22 nitrogen and oxygen atoms in total. The first kappa shape index (κ1) is 53.4. The van der Waals surface area contributed by atoms with Crippen LogP contribution in [0.3, 0.4) is 0 Å². The second kappa shape index (κ2) is 23.9. The van der Waals surface area contributed by atoms with Crippen LogP contribution in [0.2, 0.25) is 0 Å². The van der Waals surface area contributed by atoms with Crippen LogP contribution >= 0.6 is 0 Å². The number of alkyl carbamates (subject to hydrolysis) is 1. The Bertz CT molecular complexity index is 2420. The van der Waals surface area contributed by atoms with E-state index in [0.29, 0.717) is 48.3 Å². The van der Waals surface area contributed by atoms with Gasteiger partial charge in [0.15, 0.2) is 0 Å². The Balaban J connectivity index is 0.999. The Morgan fingerprint density at radius 1 is 0.548 bits per heavy atom. The first-order valence-corrected chi connectivity index (χ1v) is 25.1. The topological polar surface area (TPSA) is 271 Å². The van der Waals surface area contributed by atoms with Gasteiger partial charge >= 0.3 is 12.1 Å². The average molecular weight is 1010 g/mol. The standard InChI is InChI=1S/C51H65N9O13/c1-51(2,3)72-50(71)53-31-43(64)56-24-10-18-36(56)44(65)52-30-42(63)57-25-11-19-37(57)45(66)54-34(28-32-14-6-4-7-15-32)47(68)58-26-12-20-38(58)46(67)55-35(29-33-16-8-5-9-17-33)48(69)59-27-13-21-39(59)49(70)73-60-40(61)22-23-41(60)62/h4-9,14-17,34-39H,10-13,18-31H2,1-3H3,(H,52,65)(H,53,71)(H,54,66)(H,55,67)/t34-,35-,36-,37-,38-,39-/m0/s1. The van der Waals surface area contributed by atoms with Crippen molar-refractivity contribution in [1.29, 1.82) is 0 Å². The number of imide groups is 1. The second-order valence-electron chi connectivity index (χ2n) is 19.9. The van der Waals surface area contributed by atoms with Gasteiger partial charge in [0.1, 0.15) is 48.4 Å². The lowest BCUT2D eigenvalue weighted by Gasteiger charge is -2.32. The van der Waals surface area contributed by atoms with Gasteiger partial charge in [-0.1, -0.05) is 60.7 Å². The molecule has 7 rings (SSSR count). The van der Waals surface area contributed by atoms with Gasteiger partial charge in [0.05, 0.1) is 6.54 Å². The Hall–Kier alpha value is -7.39. The number of ether oxygens (including phenoxy) is 1. The highest BCUT2D eigenvalue weighted by Crippen LogP contribution is 2.26. The quantitative estimate of drug-likeness (QED) is 0.159. The zero-order chi connectivity index (χ0) is 52.4. The van der Waals surface area contributed by atoms with Crippen molar-refractivity contribution in [2.75, 3.05) is 39.3 Å². The fraction of sp³-hybridized carbons (Fsp3) is 0.549. The summed E-state index contributed by atoms with van der Waals surface area (Å²) < 4.78 is 5.19. The summed E-state index contributed by atoms with van der Waals surface area (Å²) in [6, 6.07) is 11.5. The first-order valence-electron chi connectivity index (χ1n) is 25.1. The Labute approximate surface area is 423 Å². The van der Waals surface area contributed by atoms with Crippen LogP contribution in [0.25, 0.3) is 0 Å². The van der Waals surface area contributed by atoms with Crippen molar-refractivity contribution in [3.05, 3.63) is 71.8 Å². The predicted octanol–water partition coefficient (Wildman–Crippen LogP) is 0.654. The van der Waals surface area contributed by atoms with Gasteiger partial charge in [0, 0.05) is 51.9 Å². The number of hydrogen-bond acceptors (Lipinski definition) is 13. The molecule has 0 saturated carbocycles. The summed E-state index contributed by atoms with van der Waals surface area (Å²) in [5.41, 5.74) is 0.656. The molecular formula is C51H65N9O13. The maximum atomic E-state index is 14.7. The summed E-state index contributed by atoms with van der Waals surface area (Å²) in [6.45, 7) is 5.04. The van der Waals surface area contributed by atoms with Gasteiger partial charge in [-0.3, -0.25) is 43.2 Å². The van der Waals surface area contributed by atoms with Gasteiger partial charge < -0.3 is 50.4 Å². The molecule has 73 heavy (non-hydrogen) atoms. The SMILES string of the molecule is CC(C)(C)OC(=O)NCC(=O)N1CCC[C@H]1C(=O)NCC(=O)N1CCC[C@H]1C(=O)N[C@@H](Cc1ccccc1)C(=O)N1CCC[C@H]1C(=O)N[C@@H](Cc1ccccc1)C(=O)N1CCC[C@H]1C(=O)ON1C(=O)CCC1=O. The normalized spacial score (nSPS) is 21.7. The van der Waals surface area contributed by atoms with Crippen molar-refractivity contribution in [3.63, 3.8) is 0 Å². The van der Waals surface area contributed by atoms with Crippen molar-refractivity contribution < 1.29 is 62.3 Å². The van der Waals surface area contributed by atoms with Crippen LogP contribution in [0.5, 0.6) is 0 Å². The Morgan fingerprint density at radius 2 is 0.945 bits per heavy atom. The summed E-state index contributed by atoms with van der Waals surface area (Å²) in [4.78, 5) is 158. The summed E-state index contributed by atoms with van der Waals surface area (Å²) in [5, 5.41) is 11.2. The number of amides is 10.